The largest absolute Gasteiger partial charge is 0.375 e. The normalized spacial score (nSPS) is 10.1. The van der Waals surface area contributed by atoms with E-state index in [0.29, 0.717) is 10.0 Å². The first-order valence-corrected chi connectivity index (χ1v) is 6.45. The van der Waals surface area contributed by atoms with Gasteiger partial charge >= 0.3 is 0 Å². The number of aromatic nitrogens is 1. The molecule has 2 N–H and O–H groups in total. The van der Waals surface area contributed by atoms with E-state index in [0.717, 1.165) is 38.2 Å². The minimum atomic E-state index is 0.476. The monoisotopic (exact) mass is 238 g/mol. The van der Waals surface area contributed by atoms with Gasteiger partial charge in [-0.05, 0) is 12.8 Å². The summed E-state index contributed by atoms with van der Waals surface area (Å²) in [6.07, 6.45) is 3.30. The Morgan fingerprint density at radius 3 is 2.69 bits per heavy atom. The van der Waals surface area contributed by atoms with Crippen LogP contribution in [0.2, 0.25) is 0 Å². The van der Waals surface area contributed by atoms with E-state index in [1.807, 2.05) is 0 Å². The standard InChI is InChI=1S/C11H18N4S/c1-3-5-7-15(6-4-2)10-9(8-12)16-11(13)14-10/h3-7H2,1-2H3,(H2,13,14). The summed E-state index contributed by atoms with van der Waals surface area (Å²) in [5.74, 6) is 0.764. The van der Waals surface area contributed by atoms with E-state index in [4.69, 9.17) is 11.0 Å². The predicted molar refractivity (Wildman–Crippen MR) is 68.7 cm³/mol. The lowest BCUT2D eigenvalue weighted by atomic mass is 10.3. The van der Waals surface area contributed by atoms with E-state index in [2.05, 4.69) is 29.8 Å². The van der Waals surface area contributed by atoms with Gasteiger partial charge in [-0.2, -0.15) is 5.26 Å². The molecular weight excluding hydrogens is 220 g/mol. The summed E-state index contributed by atoms with van der Waals surface area (Å²) in [6, 6.07) is 2.17. The maximum Gasteiger partial charge on any atom is 0.183 e. The van der Waals surface area contributed by atoms with Crippen LogP contribution in [0, 0.1) is 11.3 Å². The summed E-state index contributed by atoms with van der Waals surface area (Å²) >= 11 is 1.27. The summed E-state index contributed by atoms with van der Waals surface area (Å²) < 4.78 is 0. The van der Waals surface area contributed by atoms with Crippen molar-refractivity contribution in [3.8, 4) is 6.07 Å². The molecule has 1 aromatic rings. The summed E-state index contributed by atoms with van der Waals surface area (Å²) in [7, 11) is 0. The van der Waals surface area contributed by atoms with Crippen LogP contribution in [0.25, 0.3) is 0 Å². The molecule has 0 aliphatic carbocycles. The van der Waals surface area contributed by atoms with Crippen molar-refractivity contribution in [3.05, 3.63) is 4.88 Å². The van der Waals surface area contributed by atoms with Crippen molar-refractivity contribution in [2.24, 2.45) is 0 Å². The van der Waals surface area contributed by atoms with Gasteiger partial charge in [-0.1, -0.05) is 31.6 Å². The van der Waals surface area contributed by atoms with Crippen LogP contribution in [0.3, 0.4) is 0 Å². The fraction of sp³-hybridized carbons (Fsp3) is 0.636. The highest BCUT2D eigenvalue weighted by Gasteiger charge is 2.15. The van der Waals surface area contributed by atoms with Gasteiger partial charge in [-0.3, -0.25) is 0 Å². The Hall–Kier alpha value is -1.28. The van der Waals surface area contributed by atoms with E-state index in [-0.39, 0.29) is 0 Å². The van der Waals surface area contributed by atoms with Gasteiger partial charge in [0.15, 0.2) is 15.8 Å². The highest BCUT2D eigenvalue weighted by molar-refractivity contribution is 7.16. The quantitative estimate of drug-likeness (QED) is 0.827. The molecule has 0 amide bonds. The van der Waals surface area contributed by atoms with Crippen LogP contribution in [0.4, 0.5) is 10.9 Å². The maximum absolute atomic E-state index is 9.01. The zero-order valence-corrected chi connectivity index (χ0v) is 10.7. The molecule has 1 aromatic heterocycles. The second-order valence-corrected chi connectivity index (χ2v) is 4.69. The van der Waals surface area contributed by atoms with E-state index < -0.39 is 0 Å². The molecule has 0 fully saturated rings. The molecule has 1 rings (SSSR count). The van der Waals surface area contributed by atoms with Crippen molar-refractivity contribution in [2.75, 3.05) is 23.7 Å². The minimum absolute atomic E-state index is 0.476. The smallest absolute Gasteiger partial charge is 0.183 e. The first-order valence-electron chi connectivity index (χ1n) is 5.64. The molecule has 0 radical (unpaired) electrons. The molecule has 4 nitrogen and oxygen atoms in total. The number of nitrogens with two attached hydrogens (primary N) is 1. The Labute approximate surface area is 101 Å². The molecule has 0 aromatic carbocycles. The first-order chi connectivity index (χ1) is 7.72. The lowest BCUT2D eigenvalue weighted by Gasteiger charge is -2.21. The van der Waals surface area contributed by atoms with Gasteiger partial charge in [0.05, 0.1) is 0 Å². The van der Waals surface area contributed by atoms with Crippen LogP contribution in [0.1, 0.15) is 38.0 Å². The molecule has 0 atom stereocenters. The lowest BCUT2D eigenvalue weighted by molar-refractivity contribution is 0.698. The molecule has 0 saturated heterocycles. The highest BCUT2D eigenvalue weighted by Crippen LogP contribution is 2.27. The zero-order valence-electron chi connectivity index (χ0n) is 9.86. The van der Waals surface area contributed by atoms with Crippen LogP contribution in [0.15, 0.2) is 0 Å². The molecule has 0 saturated carbocycles. The number of unbranched alkanes of at least 4 members (excludes halogenated alkanes) is 1. The number of hydrogen-bond acceptors (Lipinski definition) is 5. The van der Waals surface area contributed by atoms with Gasteiger partial charge in [-0.15, -0.1) is 0 Å². The van der Waals surface area contributed by atoms with Crippen molar-refractivity contribution >= 4 is 22.3 Å². The van der Waals surface area contributed by atoms with Gasteiger partial charge in [0, 0.05) is 13.1 Å². The average Bonchev–Trinajstić information content (AvgIpc) is 2.65. The van der Waals surface area contributed by atoms with Crippen LogP contribution < -0.4 is 10.6 Å². The molecule has 0 unspecified atom stereocenters. The Morgan fingerprint density at radius 1 is 1.38 bits per heavy atom. The molecule has 0 aliphatic heterocycles. The van der Waals surface area contributed by atoms with Crippen molar-refractivity contribution in [1.82, 2.24) is 4.98 Å². The van der Waals surface area contributed by atoms with Gasteiger partial charge < -0.3 is 10.6 Å². The van der Waals surface area contributed by atoms with Gasteiger partial charge in [0.2, 0.25) is 0 Å². The number of nitriles is 1. The fourth-order valence-corrected chi connectivity index (χ4v) is 2.21. The van der Waals surface area contributed by atoms with Crippen molar-refractivity contribution in [2.45, 2.75) is 33.1 Å². The van der Waals surface area contributed by atoms with E-state index in [9.17, 15) is 0 Å². The third kappa shape index (κ3) is 3.11. The van der Waals surface area contributed by atoms with Crippen molar-refractivity contribution in [1.29, 1.82) is 5.26 Å². The minimum Gasteiger partial charge on any atom is -0.375 e. The molecule has 88 valence electrons. The van der Waals surface area contributed by atoms with E-state index in [1.54, 1.807) is 0 Å². The number of anilines is 2. The van der Waals surface area contributed by atoms with E-state index >= 15 is 0 Å². The predicted octanol–water partition coefficient (Wildman–Crippen LogP) is 2.61. The van der Waals surface area contributed by atoms with Crippen LogP contribution >= 0.6 is 11.3 Å². The van der Waals surface area contributed by atoms with Gasteiger partial charge in [0.1, 0.15) is 6.07 Å². The average molecular weight is 238 g/mol. The van der Waals surface area contributed by atoms with Gasteiger partial charge in [0.25, 0.3) is 0 Å². The second-order valence-electron chi connectivity index (χ2n) is 3.66. The highest BCUT2D eigenvalue weighted by atomic mass is 32.1. The Kier molecular flexibility index (Phi) is 5.06. The van der Waals surface area contributed by atoms with Crippen LogP contribution in [-0.4, -0.2) is 18.1 Å². The molecule has 5 heteroatoms. The number of nitrogens with zero attached hydrogens (tertiary/aromatic N) is 3. The number of nitrogen functional groups attached to an aromatic ring is 1. The Balaban J connectivity index is 2.86. The molecule has 1 heterocycles. The molecule has 0 aliphatic rings. The summed E-state index contributed by atoms with van der Waals surface area (Å²) in [6.45, 7) is 6.16. The van der Waals surface area contributed by atoms with Crippen LogP contribution in [0.5, 0.6) is 0 Å². The summed E-state index contributed by atoms with van der Waals surface area (Å²) in [4.78, 5) is 7.04. The van der Waals surface area contributed by atoms with Crippen LogP contribution in [-0.2, 0) is 0 Å². The molecule has 16 heavy (non-hydrogen) atoms. The summed E-state index contributed by atoms with van der Waals surface area (Å²) in [5, 5.41) is 9.49. The topological polar surface area (TPSA) is 65.9 Å². The van der Waals surface area contributed by atoms with Crippen molar-refractivity contribution in [3.63, 3.8) is 0 Å². The number of rotatable bonds is 6. The maximum atomic E-state index is 9.01. The third-order valence-electron chi connectivity index (χ3n) is 2.30. The Morgan fingerprint density at radius 2 is 2.12 bits per heavy atom. The third-order valence-corrected chi connectivity index (χ3v) is 3.08. The molecule has 0 spiro atoms. The Bertz CT molecular complexity index is 367. The fourth-order valence-electron chi connectivity index (χ4n) is 1.56. The SMILES string of the molecule is CCCCN(CCC)c1nc(N)sc1C#N. The van der Waals surface area contributed by atoms with Gasteiger partial charge in [-0.25, -0.2) is 4.98 Å². The second kappa shape index (κ2) is 6.33. The zero-order chi connectivity index (χ0) is 12.0. The summed E-state index contributed by atoms with van der Waals surface area (Å²) in [5.41, 5.74) is 5.65. The first kappa shape index (κ1) is 12.8. The lowest BCUT2D eigenvalue weighted by Crippen LogP contribution is -2.26. The number of hydrogen-bond donors (Lipinski definition) is 1. The number of thiazole rings is 1. The molecule has 0 bridgehead atoms. The van der Waals surface area contributed by atoms with Crippen molar-refractivity contribution < 1.29 is 0 Å². The van der Waals surface area contributed by atoms with E-state index in [1.165, 1.54) is 11.3 Å². The molecular formula is C11H18N4S.